The molecule has 0 aliphatic carbocycles. The zero-order chi connectivity index (χ0) is 40.4. The number of rotatable bonds is 30. The number of benzene rings is 2. The maximum atomic E-state index is 13.2. The Morgan fingerprint density at radius 2 is 1.16 bits per heavy atom. The number of hydrogen-bond acceptors (Lipinski definition) is 12. The van der Waals surface area contributed by atoms with Crippen LogP contribution in [0.2, 0.25) is 0 Å². The van der Waals surface area contributed by atoms with Crippen LogP contribution in [-0.2, 0) is 48.0 Å². The number of nitrogens with zero attached hydrogens (tertiary/aromatic N) is 2. The Balaban J connectivity index is 1.13. The maximum absolute atomic E-state index is 13.2. The molecule has 16 nitrogen and oxygen atoms in total. The van der Waals surface area contributed by atoms with Gasteiger partial charge in [0.25, 0.3) is 5.91 Å². The molecule has 0 spiro atoms. The standard InChI is InChI=1S/C39H59N3O13S/c1-3-41(4-2)37(43)15-18-49-19-20-50-21-22-51-23-24-52-25-26-53-27-28-54-29-30-55-35-9-5-32(6-10-35)33-13-16-42(17-14-33)56(47,48)36-11-7-34(8-12-36)39(46)40-31-38(44)45/h5-12,33H,3-4,13-31H2,1-2H3,(H,40,46)(H,44,45). The van der Waals surface area contributed by atoms with Gasteiger partial charge in [0.15, 0.2) is 0 Å². The minimum atomic E-state index is -3.73. The van der Waals surface area contributed by atoms with E-state index in [1.54, 1.807) is 4.90 Å². The SMILES string of the molecule is CCN(CC)C(=O)CCOCCOCCOCCOCCOCCOCCOc1ccc(C2CCN(S(=O)(=O)c3ccc(C(=O)NCC(=O)O)cc3)CC2)cc1. The Bertz CT molecular complexity index is 1520. The summed E-state index contributed by atoms with van der Waals surface area (Å²) in [4.78, 5) is 36.5. The highest BCUT2D eigenvalue weighted by atomic mass is 32.2. The molecular formula is C39H59N3O13S. The van der Waals surface area contributed by atoms with Crippen LogP contribution in [0.25, 0.3) is 0 Å². The van der Waals surface area contributed by atoms with Gasteiger partial charge in [-0.2, -0.15) is 4.31 Å². The molecule has 56 heavy (non-hydrogen) atoms. The van der Waals surface area contributed by atoms with Crippen molar-refractivity contribution in [2.75, 3.05) is 119 Å². The van der Waals surface area contributed by atoms with Gasteiger partial charge in [-0.25, -0.2) is 8.42 Å². The van der Waals surface area contributed by atoms with Crippen molar-refractivity contribution in [2.45, 2.75) is 43.9 Å². The van der Waals surface area contributed by atoms with E-state index in [0.717, 1.165) is 11.3 Å². The zero-order valence-electron chi connectivity index (χ0n) is 32.7. The monoisotopic (exact) mass is 809 g/mol. The van der Waals surface area contributed by atoms with Crippen molar-refractivity contribution in [2.24, 2.45) is 0 Å². The van der Waals surface area contributed by atoms with E-state index in [4.69, 9.17) is 38.3 Å². The van der Waals surface area contributed by atoms with Crippen LogP contribution in [0.5, 0.6) is 5.75 Å². The van der Waals surface area contributed by atoms with E-state index in [9.17, 15) is 22.8 Å². The highest BCUT2D eigenvalue weighted by molar-refractivity contribution is 7.89. The third-order valence-corrected chi connectivity index (χ3v) is 10.8. The molecule has 0 unspecified atom stereocenters. The third kappa shape index (κ3) is 17.6. The molecule has 1 aliphatic heterocycles. The molecular weight excluding hydrogens is 751 g/mol. The molecule has 0 radical (unpaired) electrons. The van der Waals surface area contributed by atoms with E-state index in [1.807, 2.05) is 38.1 Å². The number of sulfonamides is 1. The van der Waals surface area contributed by atoms with Gasteiger partial charge >= 0.3 is 5.97 Å². The summed E-state index contributed by atoms with van der Waals surface area (Å²) in [6.07, 6.45) is 1.73. The Kier molecular flexibility index (Phi) is 22.6. The molecule has 0 aromatic heterocycles. The van der Waals surface area contributed by atoms with E-state index in [-0.39, 0.29) is 22.3 Å². The summed E-state index contributed by atoms with van der Waals surface area (Å²) in [6.45, 7) is 11.4. The molecule has 2 N–H and O–H groups in total. The highest BCUT2D eigenvalue weighted by Gasteiger charge is 2.30. The second-order valence-corrected chi connectivity index (χ2v) is 14.6. The third-order valence-electron chi connectivity index (χ3n) is 8.89. The van der Waals surface area contributed by atoms with Crippen LogP contribution < -0.4 is 10.1 Å². The van der Waals surface area contributed by atoms with Gasteiger partial charge in [-0.15, -0.1) is 0 Å². The normalized spacial score (nSPS) is 13.8. The first-order chi connectivity index (χ1) is 27.1. The van der Waals surface area contributed by atoms with Gasteiger partial charge in [0.05, 0.1) is 90.6 Å². The number of ether oxygens (including phenoxy) is 7. The number of carbonyl (C=O) groups is 3. The number of carboxylic acid groups (broad SMARTS) is 1. The largest absolute Gasteiger partial charge is 0.491 e. The lowest BCUT2D eigenvalue weighted by atomic mass is 9.90. The second kappa shape index (κ2) is 27.0. The number of nitrogens with one attached hydrogen (secondary N) is 1. The molecule has 0 bridgehead atoms. The average Bonchev–Trinajstić information content (AvgIpc) is 3.21. The molecule has 1 aliphatic rings. The predicted octanol–water partition coefficient (Wildman–Crippen LogP) is 2.81. The number of piperidine rings is 1. The Labute approximate surface area is 330 Å². The topological polar surface area (TPSA) is 189 Å². The van der Waals surface area contributed by atoms with E-state index in [2.05, 4.69) is 5.32 Å². The zero-order valence-corrected chi connectivity index (χ0v) is 33.5. The van der Waals surface area contributed by atoms with Gasteiger partial charge in [-0.3, -0.25) is 14.4 Å². The fourth-order valence-electron chi connectivity index (χ4n) is 5.76. The lowest BCUT2D eigenvalue weighted by Crippen LogP contribution is -2.37. The first-order valence-corrected chi connectivity index (χ1v) is 20.7. The molecule has 2 aromatic carbocycles. The first-order valence-electron chi connectivity index (χ1n) is 19.2. The highest BCUT2D eigenvalue weighted by Crippen LogP contribution is 2.31. The van der Waals surface area contributed by atoms with Crippen LogP contribution in [-0.4, -0.2) is 159 Å². The van der Waals surface area contributed by atoms with Gasteiger partial charge in [0, 0.05) is 31.7 Å². The minimum absolute atomic E-state index is 0.0861. The summed E-state index contributed by atoms with van der Waals surface area (Å²) < 4.78 is 66.7. The Morgan fingerprint density at radius 3 is 1.62 bits per heavy atom. The second-order valence-electron chi connectivity index (χ2n) is 12.7. The number of aliphatic carboxylic acids is 1. The summed E-state index contributed by atoms with van der Waals surface area (Å²) in [6, 6.07) is 13.3. The van der Waals surface area contributed by atoms with E-state index in [0.29, 0.717) is 131 Å². The molecule has 2 aromatic rings. The molecule has 3 rings (SSSR count). The van der Waals surface area contributed by atoms with Crippen LogP contribution in [0.3, 0.4) is 0 Å². The average molecular weight is 810 g/mol. The van der Waals surface area contributed by atoms with Crippen LogP contribution in [0.4, 0.5) is 0 Å². The van der Waals surface area contributed by atoms with Crippen LogP contribution >= 0.6 is 0 Å². The van der Waals surface area contributed by atoms with Gasteiger partial charge in [-0.1, -0.05) is 12.1 Å². The molecule has 0 atom stereocenters. The predicted molar refractivity (Wildman–Crippen MR) is 207 cm³/mol. The van der Waals surface area contributed by atoms with Crippen molar-refractivity contribution in [1.82, 2.24) is 14.5 Å². The van der Waals surface area contributed by atoms with Crippen LogP contribution in [0.15, 0.2) is 53.4 Å². The maximum Gasteiger partial charge on any atom is 0.322 e. The first kappa shape index (κ1) is 46.7. The van der Waals surface area contributed by atoms with Crippen molar-refractivity contribution in [3.8, 4) is 5.75 Å². The van der Waals surface area contributed by atoms with Crippen molar-refractivity contribution < 1.29 is 61.1 Å². The van der Waals surface area contributed by atoms with Crippen molar-refractivity contribution >= 4 is 27.8 Å². The minimum Gasteiger partial charge on any atom is -0.491 e. The van der Waals surface area contributed by atoms with E-state index in [1.165, 1.54) is 28.6 Å². The lowest BCUT2D eigenvalue weighted by molar-refractivity contribution is -0.136. The van der Waals surface area contributed by atoms with Gasteiger partial charge in [0.1, 0.15) is 18.9 Å². The summed E-state index contributed by atoms with van der Waals surface area (Å²) >= 11 is 0. The van der Waals surface area contributed by atoms with Crippen molar-refractivity contribution in [1.29, 1.82) is 0 Å². The molecule has 2 amide bonds. The Morgan fingerprint density at radius 1 is 0.696 bits per heavy atom. The van der Waals surface area contributed by atoms with Gasteiger partial charge in [-0.05, 0) is 74.6 Å². The Hall–Kier alpha value is -3.68. The summed E-state index contributed by atoms with van der Waals surface area (Å²) in [7, 11) is -3.73. The van der Waals surface area contributed by atoms with Crippen LogP contribution in [0.1, 0.15) is 54.9 Å². The molecule has 0 saturated carbocycles. The summed E-state index contributed by atoms with van der Waals surface area (Å²) in [5.74, 6) is -0.703. The number of hydrogen-bond donors (Lipinski definition) is 2. The molecule has 1 fully saturated rings. The molecule has 1 saturated heterocycles. The lowest BCUT2D eigenvalue weighted by Gasteiger charge is -2.31. The molecule has 1 heterocycles. The molecule has 17 heteroatoms. The van der Waals surface area contributed by atoms with Crippen LogP contribution in [0, 0.1) is 0 Å². The summed E-state index contributed by atoms with van der Waals surface area (Å²) in [5.41, 5.74) is 1.30. The van der Waals surface area contributed by atoms with E-state index < -0.39 is 28.4 Å². The smallest absolute Gasteiger partial charge is 0.322 e. The van der Waals surface area contributed by atoms with Gasteiger partial charge < -0.3 is 48.5 Å². The number of carbonyl (C=O) groups excluding carboxylic acids is 2. The van der Waals surface area contributed by atoms with E-state index >= 15 is 0 Å². The fraction of sp³-hybridized carbons (Fsp3) is 0.615. The molecule has 314 valence electrons. The fourth-order valence-corrected chi connectivity index (χ4v) is 7.23. The summed E-state index contributed by atoms with van der Waals surface area (Å²) in [5, 5.41) is 11.0. The number of amides is 2. The quantitative estimate of drug-likeness (QED) is 0.110. The van der Waals surface area contributed by atoms with Crippen molar-refractivity contribution in [3.63, 3.8) is 0 Å². The van der Waals surface area contributed by atoms with Crippen molar-refractivity contribution in [3.05, 3.63) is 59.7 Å². The number of carboxylic acids is 1. The van der Waals surface area contributed by atoms with Gasteiger partial charge in [0.2, 0.25) is 15.9 Å².